The van der Waals surface area contributed by atoms with Gasteiger partial charge in [-0.15, -0.1) is 0 Å². The Bertz CT molecular complexity index is 1260. The summed E-state index contributed by atoms with van der Waals surface area (Å²) in [4.78, 5) is 40.7. The van der Waals surface area contributed by atoms with Crippen LogP contribution in [0.2, 0.25) is 0 Å². The molecule has 0 spiro atoms. The lowest BCUT2D eigenvalue weighted by Gasteiger charge is -2.42. The maximum Gasteiger partial charge on any atom is 0.514 e. The van der Waals surface area contributed by atoms with Gasteiger partial charge in [0.2, 0.25) is 11.2 Å². The van der Waals surface area contributed by atoms with E-state index in [0.29, 0.717) is 6.54 Å². The van der Waals surface area contributed by atoms with E-state index >= 15 is 0 Å². The summed E-state index contributed by atoms with van der Waals surface area (Å²) in [5.74, 6) is -0.495. The first-order chi connectivity index (χ1) is 17.7. The summed E-state index contributed by atoms with van der Waals surface area (Å²) in [6.45, 7) is 10.4. The van der Waals surface area contributed by atoms with E-state index in [2.05, 4.69) is 42.4 Å². The van der Waals surface area contributed by atoms with E-state index in [1.54, 1.807) is 9.58 Å². The van der Waals surface area contributed by atoms with Gasteiger partial charge in [-0.3, -0.25) is 14.3 Å². The highest BCUT2D eigenvalue weighted by atomic mass is 16.7. The molecule has 2 aliphatic rings. The Kier molecular flexibility index (Phi) is 7.95. The minimum Gasteiger partial charge on any atom is -0.434 e. The van der Waals surface area contributed by atoms with Gasteiger partial charge in [-0.05, 0) is 37.7 Å². The molecule has 4 rings (SSSR count). The highest BCUT2D eigenvalue weighted by molar-refractivity contribution is 5.96. The van der Waals surface area contributed by atoms with Gasteiger partial charge in [0, 0.05) is 18.5 Å². The summed E-state index contributed by atoms with van der Waals surface area (Å²) in [6, 6.07) is 9.66. The van der Waals surface area contributed by atoms with Crippen molar-refractivity contribution in [2.75, 3.05) is 13.2 Å². The lowest BCUT2D eigenvalue weighted by Crippen LogP contribution is -2.50. The molecule has 1 amide bonds. The fourth-order valence-electron chi connectivity index (χ4n) is 5.00. The maximum atomic E-state index is 13.7. The number of carbonyl (C=O) groups excluding carboxylic acids is 2. The minimum atomic E-state index is -1.01. The Morgan fingerprint density at radius 1 is 1.14 bits per heavy atom. The van der Waals surface area contributed by atoms with Crippen LogP contribution in [0.5, 0.6) is 5.75 Å². The van der Waals surface area contributed by atoms with Gasteiger partial charge >= 0.3 is 6.16 Å². The van der Waals surface area contributed by atoms with Gasteiger partial charge in [-0.25, -0.2) is 4.79 Å². The smallest absolute Gasteiger partial charge is 0.434 e. The van der Waals surface area contributed by atoms with Crippen molar-refractivity contribution in [3.63, 3.8) is 0 Å². The molecule has 0 fully saturated rings. The van der Waals surface area contributed by atoms with Gasteiger partial charge in [-0.2, -0.15) is 5.10 Å². The third-order valence-corrected chi connectivity index (χ3v) is 6.86. The summed E-state index contributed by atoms with van der Waals surface area (Å²) in [6.07, 6.45) is 7.37. The van der Waals surface area contributed by atoms with Crippen molar-refractivity contribution in [1.29, 1.82) is 0 Å². The van der Waals surface area contributed by atoms with Crippen LogP contribution in [0.4, 0.5) is 4.79 Å². The first kappa shape index (κ1) is 26.4. The molecule has 1 aliphatic carbocycles. The number of fused-ring (bicyclic) bond motifs is 1. The third-order valence-electron chi connectivity index (χ3n) is 6.86. The number of nitrogens with zero attached hydrogens (tertiary/aromatic N) is 3. The number of rotatable bonds is 7. The van der Waals surface area contributed by atoms with E-state index < -0.39 is 17.5 Å². The molecule has 0 radical (unpaired) electrons. The Hall–Kier alpha value is -3.68. The second kappa shape index (κ2) is 11.2. The summed E-state index contributed by atoms with van der Waals surface area (Å²) in [5, 5.41) is 4.43. The second-order valence-corrected chi connectivity index (χ2v) is 10.4. The van der Waals surface area contributed by atoms with Crippen LogP contribution in [0.3, 0.4) is 0 Å². The molecule has 3 unspecified atom stereocenters. The maximum absolute atomic E-state index is 13.7. The number of ether oxygens (including phenoxy) is 2. The quantitative estimate of drug-likeness (QED) is 0.485. The van der Waals surface area contributed by atoms with Crippen LogP contribution in [-0.4, -0.2) is 45.9 Å². The van der Waals surface area contributed by atoms with Crippen LogP contribution in [0.1, 0.15) is 69.1 Å². The van der Waals surface area contributed by atoms with E-state index in [9.17, 15) is 14.4 Å². The number of allylic oxidation sites excluding steroid dienone is 4. The molecule has 1 aromatic heterocycles. The van der Waals surface area contributed by atoms with Crippen LogP contribution in [0, 0.1) is 11.8 Å². The van der Waals surface area contributed by atoms with Crippen molar-refractivity contribution in [2.45, 2.75) is 59.0 Å². The molecule has 0 saturated heterocycles. The molecule has 0 N–H and O–H groups in total. The molecule has 1 aliphatic heterocycles. The van der Waals surface area contributed by atoms with Crippen LogP contribution in [0.15, 0.2) is 65.1 Å². The Balaban J connectivity index is 1.88. The summed E-state index contributed by atoms with van der Waals surface area (Å²) in [5.41, 5.74) is 1.64. The van der Waals surface area contributed by atoms with Crippen LogP contribution in [0.25, 0.3) is 0 Å². The predicted molar refractivity (Wildman–Crippen MR) is 141 cm³/mol. The predicted octanol–water partition coefficient (Wildman–Crippen LogP) is 5.13. The molecule has 0 bridgehead atoms. The van der Waals surface area contributed by atoms with Crippen molar-refractivity contribution in [3.05, 3.63) is 81.8 Å². The van der Waals surface area contributed by atoms with Gasteiger partial charge < -0.3 is 14.4 Å². The Labute approximate surface area is 217 Å². The molecule has 1 aromatic carbocycles. The minimum absolute atomic E-state index is 0.0283. The van der Waals surface area contributed by atoms with E-state index in [0.717, 1.165) is 18.2 Å². The zero-order valence-corrected chi connectivity index (χ0v) is 22.1. The highest BCUT2D eigenvalue weighted by Gasteiger charge is 2.42. The SMILES string of the molecule is CC(C)COC(=O)Oc1c2n(ncc1=O)C(C(C1=CC=CCC1C)c1ccccc1)CN(C(C)C)C2=O. The van der Waals surface area contributed by atoms with Crippen LogP contribution >= 0.6 is 0 Å². The molecule has 0 saturated carbocycles. The fraction of sp³-hybridized carbons (Fsp3) is 0.448. The van der Waals surface area contributed by atoms with Crippen LogP contribution in [-0.2, 0) is 4.74 Å². The number of amides is 1. The van der Waals surface area contributed by atoms with E-state index in [-0.39, 0.29) is 47.9 Å². The lowest BCUT2D eigenvalue weighted by molar-refractivity contribution is 0.0557. The van der Waals surface area contributed by atoms with Gasteiger partial charge in [-0.1, -0.05) is 74.9 Å². The van der Waals surface area contributed by atoms with Crippen molar-refractivity contribution in [1.82, 2.24) is 14.7 Å². The standard InChI is InChI=1S/C29H35N3O5/c1-18(2)17-36-29(35)37-27-24(33)15-30-32-23(16-31(19(3)4)28(34)26(27)32)25(21-12-7-6-8-13-21)22-14-10-9-11-20(22)5/h6-10,12-15,18-20,23,25H,11,16-17H2,1-5H3. The highest BCUT2D eigenvalue weighted by Crippen LogP contribution is 2.44. The summed E-state index contributed by atoms with van der Waals surface area (Å²) >= 11 is 0. The topological polar surface area (TPSA) is 90.7 Å². The molecule has 2 aromatic rings. The molecule has 8 heteroatoms. The second-order valence-electron chi connectivity index (χ2n) is 10.4. The summed E-state index contributed by atoms with van der Waals surface area (Å²) in [7, 11) is 0. The van der Waals surface area contributed by atoms with Gasteiger partial charge in [0.1, 0.15) is 0 Å². The van der Waals surface area contributed by atoms with Gasteiger partial charge in [0.25, 0.3) is 5.91 Å². The normalized spacial score (nSPS) is 20.0. The molecular weight excluding hydrogens is 470 g/mol. The number of benzene rings is 1. The number of hydrogen-bond acceptors (Lipinski definition) is 6. The molecule has 196 valence electrons. The first-order valence-corrected chi connectivity index (χ1v) is 12.9. The Morgan fingerprint density at radius 2 is 1.86 bits per heavy atom. The van der Waals surface area contributed by atoms with Gasteiger partial charge in [0.15, 0.2) is 5.69 Å². The third kappa shape index (κ3) is 5.53. The molecule has 3 atom stereocenters. The van der Waals surface area contributed by atoms with Crippen molar-refractivity contribution in [3.8, 4) is 5.75 Å². The summed E-state index contributed by atoms with van der Waals surface area (Å²) < 4.78 is 12.1. The van der Waals surface area contributed by atoms with E-state index in [1.165, 1.54) is 5.57 Å². The molecule has 2 heterocycles. The average molecular weight is 506 g/mol. The van der Waals surface area contributed by atoms with E-state index in [4.69, 9.17) is 9.47 Å². The van der Waals surface area contributed by atoms with E-state index in [1.807, 2.05) is 45.9 Å². The largest absolute Gasteiger partial charge is 0.514 e. The lowest BCUT2D eigenvalue weighted by atomic mass is 9.76. The van der Waals surface area contributed by atoms with Crippen LogP contribution < -0.4 is 10.2 Å². The fourth-order valence-corrected chi connectivity index (χ4v) is 5.00. The number of aromatic nitrogens is 2. The first-order valence-electron chi connectivity index (χ1n) is 12.9. The van der Waals surface area contributed by atoms with Gasteiger partial charge in [0.05, 0.1) is 18.8 Å². The zero-order valence-electron chi connectivity index (χ0n) is 22.1. The zero-order chi connectivity index (χ0) is 26.7. The molecular formula is C29H35N3O5. The number of hydrogen-bond donors (Lipinski definition) is 0. The Morgan fingerprint density at radius 3 is 2.51 bits per heavy atom. The average Bonchev–Trinajstić information content (AvgIpc) is 2.87. The van der Waals surface area contributed by atoms with Crippen molar-refractivity contribution < 1.29 is 19.1 Å². The molecule has 8 nitrogen and oxygen atoms in total. The monoisotopic (exact) mass is 505 g/mol. The molecule has 37 heavy (non-hydrogen) atoms. The number of carbonyl (C=O) groups is 2. The van der Waals surface area contributed by atoms with Crippen molar-refractivity contribution >= 4 is 12.1 Å². The van der Waals surface area contributed by atoms with Crippen molar-refractivity contribution in [2.24, 2.45) is 11.8 Å².